The zero-order valence-electron chi connectivity index (χ0n) is 13.3. The van der Waals surface area contributed by atoms with E-state index in [1.165, 1.54) is 37.1 Å². The number of thiazole rings is 1. The summed E-state index contributed by atoms with van der Waals surface area (Å²) in [4.78, 5) is 22.9. The average Bonchev–Trinajstić information content (AvgIpc) is 3.23. The van der Waals surface area contributed by atoms with Crippen LogP contribution in [0.25, 0.3) is 10.8 Å². The smallest absolute Gasteiger partial charge is 0.273 e. The maximum atomic E-state index is 12.9. The highest BCUT2D eigenvalue weighted by molar-refractivity contribution is 7.15. The van der Waals surface area contributed by atoms with Crippen molar-refractivity contribution in [2.24, 2.45) is 0 Å². The SMILES string of the molecule is Cc1sc(-c2ccco2)nc1C(=O)N1CCN2CCCC[C@@H]2C1. The van der Waals surface area contributed by atoms with Crippen molar-refractivity contribution < 1.29 is 9.21 Å². The van der Waals surface area contributed by atoms with Crippen molar-refractivity contribution in [1.29, 1.82) is 0 Å². The maximum absolute atomic E-state index is 12.9. The van der Waals surface area contributed by atoms with Gasteiger partial charge in [-0.05, 0) is 38.4 Å². The molecule has 0 aromatic carbocycles. The number of hydrogen-bond donors (Lipinski definition) is 0. The highest BCUT2D eigenvalue weighted by Gasteiger charge is 2.32. The van der Waals surface area contributed by atoms with Crippen molar-refractivity contribution in [2.45, 2.75) is 32.2 Å². The molecule has 5 nitrogen and oxygen atoms in total. The number of carbonyl (C=O) groups is 1. The molecule has 2 aliphatic heterocycles. The molecule has 1 amide bonds. The molecule has 23 heavy (non-hydrogen) atoms. The Kier molecular flexibility index (Phi) is 3.95. The van der Waals surface area contributed by atoms with Crippen LogP contribution >= 0.6 is 11.3 Å². The van der Waals surface area contributed by atoms with Crippen LogP contribution in [0.3, 0.4) is 0 Å². The molecule has 122 valence electrons. The molecular weight excluding hydrogens is 310 g/mol. The molecule has 0 radical (unpaired) electrons. The van der Waals surface area contributed by atoms with E-state index >= 15 is 0 Å². The molecule has 0 unspecified atom stereocenters. The minimum absolute atomic E-state index is 0.0711. The van der Waals surface area contributed by atoms with Gasteiger partial charge in [-0.25, -0.2) is 4.98 Å². The molecule has 2 fully saturated rings. The van der Waals surface area contributed by atoms with Crippen LogP contribution in [0, 0.1) is 6.92 Å². The van der Waals surface area contributed by atoms with Crippen LogP contribution in [-0.2, 0) is 0 Å². The Bertz CT molecular complexity index is 695. The van der Waals surface area contributed by atoms with Crippen LogP contribution in [0.2, 0.25) is 0 Å². The molecule has 0 bridgehead atoms. The van der Waals surface area contributed by atoms with E-state index in [2.05, 4.69) is 9.88 Å². The number of piperidine rings is 1. The lowest BCUT2D eigenvalue weighted by atomic mass is 9.99. The fourth-order valence-corrected chi connectivity index (χ4v) is 4.46. The minimum atomic E-state index is 0.0711. The fraction of sp³-hybridized carbons (Fsp3) is 0.529. The van der Waals surface area contributed by atoms with E-state index in [1.807, 2.05) is 24.0 Å². The van der Waals surface area contributed by atoms with Gasteiger partial charge in [0.1, 0.15) is 5.69 Å². The topological polar surface area (TPSA) is 49.6 Å². The summed E-state index contributed by atoms with van der Waals surface area (Å²) in [5.74, 6) is 0.802. The number of aromatic nitrogens is 1. The number of rotatable bonds is 2. The van der Waals surface area contributed by atoms with Gasteiger partial charge in [0.05, 0.1) is 6.26 Å². The normalized spacial score (nSPS) is 22.1. The average molecular weight is 331 g/mol. The van der Waals surface area contributed by atoms with Gasteiger partial charge < -0.3 is 9.32 Å². The molecule has 1 atom stereocenters. The summed E-state index contributed by atoms with van der Waals surface area (Å²) in [6.45, 7) is 5.79. The van der Waals surface area contributed by atoms with Crippen LogP contribution < -0.4 is 0 Å². The highest BCUT2D eigenvalue weighted by Crippen LogP contribution is 2.29. The fourth-order valence-electron chi connectivity index (χ4n) is 3.59. The van der Waals surface area contributed by atoms with Gasteiger partial charge >= 0.3 is 0 Å². The van der Waals surface area contributed by atoms with E-state index in [-0.39, 0.29) is 5.91 Å². The second-order valence-corrected chi connectivity index (χ2v) is 7.54. The number of piperazine rings is 1. The van der Waals surface area contributed by atoms with Crippen LogP contribution in [0.5, 0.6) is 0 Å². The number of amides is 1. The Hall–Kier alpha value is -1.66. The van der Waals surface area contributed by atoms with E-state index in [4.69, 9.17) is 4.42 Å². The number of fused-ring (bicyclic) bond motifs is 1. The van der Waals surface area contributed by atoms with Gasteiger partial charge in [-0.3, -0.25) is 9.69 Å². The van der Waals surface area contributed by atoms with Crippen molar-refractivity contribution in [2.75, 3.05) is 26.2 Å². The summed E-state index contributed by atoms with van der Waals surface area (Å²) in [5, 5.41) is 0.784. The van der Waals surface area contributed by atoms with Crippen molar-refractivity contribution in [3.63, 3.8) is 0 Å². The standard InChI is InChI=1S/C17H21N3O2S/c1-12-15(18-16(23-12)14-6-4-10-22-14)17(21)20-9-8-19-7-3-2-5-13(19)11-20/h4,6,10,13H,2-3,5,7-9,11H2,1H3/t13-/m1/s1. The van der Waals surface area contributed by atoms with Gasteiger partial charge in [0.2, 0.25) is 0 Å². The van der Waals surface area contributed by atoms with Crippen LogP contribution in [0.15, 0.2) is 22.8 Å². The largest absolute Gasteiger partial charge is 0.462 e. The molecule has 6 heteroatoms. The van der Waals surface area contributed by atoms with E-state index in [1.54, 1.807) is 6.26 Å². The quantitative estimate of drug-likeness (QED) is 0.849. The second kappa shape index (κ2) is 6.09. The summed E-state index contributed by atoms with van der Waals surface area (Å²) in [7, 11) is 0. The van der Waals surface area contributed by atoms with Gasteiger partial charge in [-0.2, -0.15) is 0 Å². The Balaban J connectivity index is 1.53. The summed E-state index contributed by atoms with van der Waals surface area (Å²) in [6, 6.07) is 4.26. The summed E-state index contributed by atoms with van der Waals surface area (Å²) in [6.07, 6.45) is 5.41. The van der Waals surface area contributed by atoms with Crippen LogP contribution in [-0.4, -0.2) is 52.9 Å². The predicted octanol–water partition coefficient (Wildman–Crippen LogP) is 3.02. The molecule has 4 heterocycles. The Morgan fingerprint density at radius 2 is 2.26 bits per heavy atom. The third-order valence-electron chi connectivity index (χ3n) is 4.86. The lowest BCUT2D eigenvalue weighted by Crippen LogP contribution is -2.56. The molecule has 2 saturated heterocycles. The molecule has 4 rings (SSSR count). The Morgan fingerprint density at radius 3 is 3.09 bits per heavy atom. The highest BCUT2D eigenvalue weighted by atomic mass is 32.1. The van der Waals surface area contributed by atoms with Gasteiger partial charge in [0.15, 0.2) is 10.8 Å². The Morgan fingerprint density at radius 1 is 1.35 bits per heavy atom. The Labute approximate surface area is 139 Å². The lowest BCUT2D eigenvalue weighted by Gasteiger charge is -2.43. The molecule has 0 spiro atoms. The van der Waals surface area contributed by atoms with Gasteiger partial charge in [-0.1, -0.05) is 6.42 Å². The number of aryl methyl sites for hydroxylation is 1. The first kappa shape index (κ1) is 14.9. The van der Waals surface area contributed by atoms with E-state index < -0.39 is 0 Å². The van der Waals surface area contributed by atoms with E-state index in [0.29, 0.717) is 11.7 Å². The first-order valence-electron chi connectivity index (χ1n) is 8.27. The van der Waals surface area contributed by atoms with Gasteiger partial charge in [0, 0.05) is 30.6 Å². The molecular formula is C17H21N3O2S. The molecule has 0 saturated carbocycles. The van der Waals surface area contributed by atoms with Crippen molar-refractivity contribution in [1.82, 2.24) is 14.8 Å². The molecule has 2 aromatic rings. The number of nitrogens with zero attached hydrogens (tertiary/aromatic N) is 3. The first-order chi connectivity index (χ1) is 11.2. The molecule has 0 N–H and O–H groups in total. The van der Waals surface area contributed by atoms with Gasteiger partial charge in [-0.15, -0.1) is 11.3 Å². The summed E-state index contributed by atoms with van der Waals surface area (Å²) in [5.41, 5.74) is 0.589. The first-order valence-corrected chi connectivity index (χ1v) is 9.08. The third-order valence-corrected chi connectivity index (χ3v) is 5.84. The molecule has 0 aliphatic carbocycles. The van der Waals surface area contributed by atoms with Crippen LogP contribution in [0.1, 0.15) is 34.6 Å². The van der Waals surface area contributed by atoms with Gasteiger partial charge in [0.25, 0.3) is 5.91 Å². The maximum Gasteiger partial charge on any atom is 0.273 e. The summed E-state index contributed by atoms with van der Waals surface area (Å²) < 4.78 is 5.40. The summed E-state index contributed by atoms with van der Waals surface area (Å²) >= 11 is 1.52. The zero-order chi connectivity index (χ0) is 15.8. The van der Waals surface area contributed by atoms with Crippen molar-refractivity contribution in [3.05, 3.63) is 29.0 Å². The minimum Gasteiger partial charge on any atom is -0.462 e. The predicted molar refractivity (Wildman–Crippen MR) is 89.7 cm³/mol. The van der Waals surface area contributed by atoms with Crippen LogP contribution in [0.4, 0.5) is 0 Å². The van der Waals surface area contributed by atoms with E-state index in [0.717, 1.165) is 35.3 Å². The number of carbonyl (C=O) groups excluding carboxylic acids is 1. The monoisotopic (exact) mass is 331 g/mol. The van der Waals surface area contributed by atoms with Crippen molar-refractivity contribution in [3.8, 4) is 10.8 Å². The lowest BCUT2D eigenvalue weighted by molar-refractivity contribution is 0.0368. The number of hydrogen-bond acceptors (Lipinski definition) is 5. The van der Waals surface area contributed by atoms with E-state index in [9.17, 15) is 4.79 Å². The second-order valence-electron chi connectivity index (χ2n) is 6.34. The third kappa shape index (κ3) is 2.81. The molecule has 2 aromatic heterocycles. The van der Waals surface area contributed by atoms with Crippen molar-refractivity contribution >= 4 is 17.2 Å². The number of furan rings is 1. The molecule has 2 aliphatic rings. The zero-order valence-corrected chi connectivity index (χ0v) is 14.1.